The van der Waals surface area contributed by atoms with Crippen molar-refractivity contribution in [1.82, 2.24) is 24.6 Å². The van der Waals surface area contributed by atoms with Gasteiger partial charge in [-0.25, -0.2) is 14.6 Å². The third-order valence-electron chi connectivity index (χ3n) is 4.62. The Bertz CT molecular complexity index is 1040. The molecule has 0 spiro atoms. The predicted molar refractivity (Wildman–Crippen MR) is 98.6 cm³/mol. The molecule has 0 atom stereocenters. The molecule has 1 aromatic carbocycles. The number of carbonyl (C=O) groups excluding carboxylic acids is 1. The quantitative estimate of drug-likeness (QED) is 0.697. The van der Waals surface area contributed by atoms with Crippen LogP contribution >= 0.6 is 0 Å². The van der Waals surface area contributed by atoms with Crippen LogP contribution in [-0.2, 0) is 7.05 Å². The zero-order valence-corrected chi connectivity index (χ0v) is 14.9. The maximum absolute atomic E-state index is 12.6. The standard InChI is InChI=1S/C19H19N5O3/c1-23-18(25)7-6-16(22-23)19(26)24-10-8-13(9-11-24)27-17-12-20-14-4-2-3-5-15(14)21-17/h2-7,12-13H,8-11H2,1H3. The number of piperidine rings is 1. The summed E-state index contributed by atoms with van der Waals surface area (Å²) in [5.41, 5.74) is 1.66. The van der Waals surface area contributed by atoms with Crippen LogP contribution in [0, 0.1) is 0 Å². The summed E-state index contributed by atoms with van der Waals surface area (Å²) in [6, 6.07) is 10.5. The van der Waals surface area contributed by atoms with Gasteiger partial charge in [0, 0.05) is 39.0 Å². The molecule has 138 valence electrons. The summed E-state index contributed by atoms with van der Waals surface area (Å²) < 4.78 is 7.13. The van der Waals surface area contributed by atoms with E-state index in [0.717, 1.165) is 11.0 Å². The molecule has 3 heterocycles. The van der Waals surface area contributed by atoms with Crippen molar-refractivity contribution in [2.75, 3.05) is 13.1 Å². The van der Waals surface area contributed by atoms with Crippen LogP contribution in [0.4, 0.5) is 0 Å². The number of para-hydroxylation sites is 2. The van der Waals surface area contributed by atoms with E-state index in [-0.39, 0.29) is 23.3 Å². The molecule has 0 N–H and O–H groups in total. The zero-order chi connectivity index (χ0) is 18.8. The van der Waals surface area contributed by atoms with Crippen LogP contribution in [0.25, 0.3) is 11.0 Å². The molecule has 1 fully saturated rings. The molecule has 0 aliphatic carbocycles. The number of amides is 1. The fraction of sp³-hybridized carbons (Fsp3) is 0.316. The van der Waals surface area contributed by atoms with E-state index < -0.39 is 0 Å². The van der Waals surface area contributed by atoms with Gasteiger partial charge in [-0.1, -0.05) is 12.1 Å². The van der Waals surface area contributed by atoms with Crippen molar-refractivity contribution in [3.8, 4) is 5.88 Å². The van der Waals surface area contributed by atoms with Crippen LogP contribution in [0.3, 0.4) is 0 Å². The minimum atomic E-state index is -0.241. The Balaban J connectivity index is 1.38. The average Bonchev–Trinajstić information content (AvgIpc) is 2.70. The van der Waals surface area contributed by atoms with Crippen molar-refractivity contribution in [2.45, 2.75) is 18.9 Å². The van der Waals surface area contributed by atoms with E-state index in [0.29, 0.717) is 31.8 Å². The second-order valence-electron chi connectivity index (χ2n) is 6.49. The highest BCUT2D eigenvalue weighted by molar-refractivity contribution is 5.92. The Labute approximate surface area is 155 Å². The van der Waals surface area contributed by atoms with E-state index in [1.54, 1.807) is 11.1 Å². The van der Waals surface area contributed by atoms with Crippen molar-refractivity contribution >= 4 is 16.9 Å². The number of ether oxygens (including phenoxy) is 1. The highest BCUT2D eigenvalue weighted by Gasteiger charge is 2.26. The van der Waals surface area contributed by atoms with Crippen molar-refractivity contribution in [3.63, 3.8) is 0 Å². The Hall–Kier alpha value is -3.29. The van der Waals surface area contributed by atoms with Crippen LogP contribution in [0.15, 0.2) is 47.4 Å². The molecule has 8 heteroatoms. The van der Waals surface area contributed by atoms with Gasteiger partial charge >= 0.3 is 0 Å². The fourth-order valence-electron chi connectivity index (χ4n) is 3.12. The number of rotatable bonds is 3. The SMILES string of the molecule is Cn1nc(C(=O)N2CCC(Oc3cnc4ccccc4n3)CC2)ccc1=O. The van der Waals surface area contributed by atoms with Gasteiger partial charge in [0.05, 0.1) is 17.2 Å². The van der Waals surface area contributed by atoms with Gasteiger partial charge in [-0.2, -0.15) is 5.10 Å². The molecule has 0 unspecified atom stereocenters. The molecule has 1 aliphatic heterocycles. The third-order valence-corrected chi connectivity index (χ3v) is 4.62. The molecule has 8 nitrogen and oxygen atoms in total. The first-order valence-corrected chi connectivity index (χ1v) is 8.82. The molecule has 1 saturated heterocycles. The van der Waals surface area contributed by atoms with Crippen LogP contribution in [0.5, 0.6) is 5.88 Å². The summed E-state index contributed by atoms with van der Waals surface area (Å²) in [5.74, 6) is 0.327. The second-order valence-corrected chi connectivity index (χ2v) is 6.49. The number of aryl methyl sites for hydroxylation is 1. The van der Waals surface area contributed by atoms with Crippen molar-refractivity contribution in [1.29, 1.82) is 0 Å². The second kappa shape index (κ2) is 7.14. The average molecular weight is 365 g/mol. The maximum Gasteiger partial charge on any atom is 0.274 e. The van der Waals surface area contributed by atoms with E-state index in [4.69, 9.17) is 4.74 Å². The summed E-state index contributed by atoms with van der Waals surface area (Å²) in [7, 11) is 1.53. The van der Waals surface area contributed by atoms with Gasteiger partial charge in [-0.3, -0.25) is 9.59 Å². The number of fused-ring (bicyclic) bond motifs is 1. The smallest absolute Gasteiger partial charge is 0.274 e. The monoisotopic (exact) mass is 365 g/mol. The van der Waals surface area contributed by atoms with E-state index in [1.165, 1.54) is 23.9 Å². The lowest BCUT2D eigenvalue weighted by atomic mass is 10.1. The molecule has 27 heavy (non-hydrogen) atoms. The van der Waals surface area contributed by atoms with Crippen molar-refractivity contribution in [2.24, 2.45) is 7.05 Å². The maximum atomic E-state index is 12.6. The van der Waals surface area contributed by atoms with Gasteiger partial charge in [0.15, 0.2) is 0 Å². The number of hydrogen-bond donors (Lipinski definition) is 0. The first-order chi connectivity index (χ1) is 13.1. The van der Waals surface area contributed by atoms with Crippen LogP contribution in [-0.4, -0.2) is 49.7 Å². The van der Waals surface area contributed by atoms with Crippen LogP contribution in [0.2, 0.25) is 0 Å². The predicted octanol–water partition coefficient (Wildman–Crippen LogP) is 1.41. The molecule has 0 radical (unpaired) electrons. The lowest BCUT2D eigenvalue weighted by molar-refractivity contribution is 0.0580. The van der Waals surface area contributed by atoms with Gasteiger partial charge in [0.1, 0.15) is 11.8 Å². The Morgan fingerprint density at radius 1 is 1.11 bits per heavy atom. The summed E-state index contributed by atoms with van der Waals surface area (Å²) in [6.07, 6.45) is 3.02. The molecule has 1 amide bonds. The van der Waals surface area contributed by atoms with Crippen molar-refractivity contribution < 1.29 is 9.53 Å². The van der Waals surface area contributed by atoms with E-state index in [9.17, 15) is 9.59 Å². The van der Waals surface area contributed by atoms with E-state index in [1.807, 2.05) is 24.3 Å². The molecule has 2 aromatic heterocycles. The molecule has 0 bridgehead atoms. The molecular weight excluding hydrogens is 346 g/mol. The number of likely N-dealkylation sites (tertiary alicyclic amines) is 1. The zero-order valence-electron chi connectivity index (χ0n) is 14.9. The van der Waals surface area contributed by atoms with Gasteiger partial charge in [-0.15, -0.1) is 0 Å². The van der Waals surface area contributed by atoms with Crippen molar-refractivity contribution in [3.05, 3.63) is 58.6 Å². The normalized spacial score (nSPS) is 15.1. The fourth-order valence-corrected chi connectivity index (χ4v) is 3.12. The lowest BCUT2D eigenvalue weighted by Gasteiger charge is -2.31. The lowest BCUT2D eigenvalue weighted by Crippen LogP contribution is -2.42. The Morgan fingerprint density at radius 3 is 2.59 bits per heavy atom. The minimum Gasteiger partial charge on any atom is -0.473 e. The summed E-state index contributed by atoms with van der Waals surface area (Å²) in [4.78, 5) is 34.5. The number of benzene rings is 1. The summed E-state index contributed by atoms with van der Waals surface area (Å²) >= 11 is 0. The number of carbonyl (C=O) groups is 1. The van der Waals surface area contributed by atoms with Crippen LogP contribution < -0.4 is 10.3 Å². The summed E-state index contributed by atoms with van der Waals surface area (Å²) in [5, 5.41) is 4.03. The molecular formula is C19H19N5O3. The molecule has 1 aliphatic rings. The van der Waals surface area contributed by atoms with Gasteiger partial charge in [-0.05, 0) is 18.2 Å². The van der Waals surface area contributed by atoms with E-state index in [2.05, 4.69) is 15.1 Å². The van der Waals surface area contributed by atoms with Gasteiger partial charge < -0.3 is 9.64 Å². The molecule has 3 aromatic rings. The van der Waals surface area contributed by atoms with E-state index >= 15 is 0 Å². The Kier molecular flexibility index (Phi) is 4.53. The largest absolute Gasteiger partial charge is 0.473 e. The summed E-state index contributed by atoms with van der Waals surface area (Å²) in [6.45, 7) is 1.13. The first kappa shape index (κ1) is 17.1. The Morgan fingerprint density at radius 2 is 1.85 bits per heavy atom. The highest BCUT2D eigenvalue weighted by atomic mass is 16.5. The number of hydrogen-bond acceptors (Lipinski definition) is 6. The topological polar surface area (TPSA) is 90.2 Å². The van der Waals surface area contributed by atoms with Crippen LogP contribution in [0.1, 0.15) is 23.3 Å². The molecule has 4 rings (SSSR count). The third kappa shape index (κ3) is 3.64. The number of nitrogens with zero attached hydrogens (tertiary/aromatic N) is 5. The highest BCUT2D eigenvalue weighted by Crippen LogP contribution is 2.19. The molecule has 0 saturated carbocycles. The van der Waals surface area contributed by atoms with Gasteiger partial charge in [0.25, 0.3) is 11.5 Å². The van der Waals surface area contributed by atoms with Gasteiger partial charge in [0.2, 0.25) is 5.88 Å². The number of aromatic nitrogens is 4. The first-order valence-electron chi connectivity index (χ1n) is 8.82. The minimum absolute atomic E-state index is 0.0161.